The van der Waals surface area contributed by atoms with E-state index in [2.05, 4.69) is 31.8 Å². The van der Waals surface area contributed by atoms with Crippen LogP contribution < -0.4 is 22.1 Å². The van der Waals surface area contributed by atoms with Gasteiger partial charge in [0.2, 0.25) is 5.91 Å². The number of imide groups is 1. The molecule has 12 heteroatoms. The molecule has 0 spiro atoms. The van der Waals surface area contributed by atoms with Crippen LogP contribution in [0.5, 0.6) is 0 Å². The second-order valence-corrected chi connectivity index (χ2v) is 11.6. The van der Waals surface area contributed by atoms with E-state index >= 15 is 0 Å². The Morgan fingerprint density at radius 2 is 1.80 bits per heavy atom. The van der Waals surface area contributed by atoms with Gasteiger partial charge in [0.15, 0.2) is 5.82 Å². The number of nitrogens with two attached hydrogens (primary N) is 2. The molecule has 0 bridgehead atoms. The molecule has 1 atom stereocenters. The number of fused-ring (bicyclic) bond motifs is 1. The summed E-state index contributed by atoms with van der Waals surface area (Å²) in [6, 6.07) is 17.7. The lowest BCUT2D eigenvalue weighted by Crippen LogP contribution is -2.50. The van der Waals surface area contributed by atoms with Crippen LogP contribution >= 0.6 is 12.4 Å². The first-order valence-corrected chi connectivity index (χ1v) is 14.8. The Kier molecular flexibility index (Phi) is 9.62. The molecular formula is C33H36ClN7O4. The highest BCUT2D eigenvalue weighted by atomic mass is 35.5. The van der Waals surface area contributed by atoms with Gasteiger partial charge in [-0.1, -0.05) is 35.5 Å². The van der Waals surface area contributed by atoms with Crippen molar-refractivity contribution < 1.29 is 14.1 Å². The first-order valence-electron chi connectivity index (χ1n) is 14.8. The molecule has 11 nitrogen and oxygen atoms in total. The maximum atomic E-state index is 14.0. The van der Waals surface area contributed by atoms with E-state index in [1.807, 2.05) is 42.6 Å². The Hall–Kier alpha value is -4.58. The van der Waals surface area contributed by atoms with Crippen LogP contribution in [0.2, 0.25) is 0 Å². The standard InChI is InChI=1S/C33H35N7O4.ClH/c1-19-5-14-28-26(18-36-38-28)29(19)24-4-2-3-21(15-24)16-27(35)32(42)40(31(41)23-8-6-20(17-34)7-9-23)25-12-10-22(11-13-25)30-37-33(43)44-39-30;/h2-5,10-15,18,20,23,27H,6-9,16-17,34-35H2,1H3,(H,36,38)(H,37,39,43);1H/t20?,23?,27-;/m0./s1. The van der Waals surface area contributed by atoms with Crippen LogP contribution in [0.1, 0.15) is 36.8 Å². The second kappa shape index (κ2) is 13.6. The molecule has 1 fully saturated rings. The third-order valence-corrected chi connectivity index (χ3v) is 8.63. The lowest BCUT2D eigenvalue weighted by molar-refractivity contribution is -0.130. The topological polar surface area (TPSA) is 177 Å². The summed E-state index contributed by atoms with van der Waals surface area (Å²) in [6.07, 6.45) is 5.08. The van der Waals surface area contributed by atoms with Gasteiger partial charge in [-0.25, -0.2) is 9.69 Å². The third-order valence-electron chi connectivity index (χ3n) is 8.63. The summed E-state index contributed by atoms with van der Waals surface area (Å²) >= 11 is 0. The van der Waals surface area contributed by atoms with Crippen LogP contribution in [0.15, 0.2) is 76.2 Å². The van der Waals surface area contributed by atoms with Gasteiger partial charge in [0, 0.05) is 16.9 Å². The molecule has 0 aliphatic heterocycles. The summed E-state index contributed by atoms with van der Waals surface area (Å²) in [6.45, 7) is 2.65. The maximum absolute atomic E-state index is 14.0. The highest BCUT2D eigenvalue weighted by molar-refractivity contribution is 6.17. The molecule has 1 aliphatic carbocycles. The minimum absolute atomic E-state index is 0. The largest absolute Gasteiger partial charge is 0.439 e. The average molecular weight is 630 g/mol. The molecule has 2 heterocycles. The number of carbonyl (C=O) groups excluding carboxylic acids is 2. The van der Waals surface area contributed by atoms with Crippen LogP contribution in [-0.4, -0.2) is 44.7 Å². The lowest BCUT2D eigenvalue weighted by atomic mass is 9.81. The fourth-order valence-electron chi connectivity index (χ4n) is 6.18. The number of amides is 2. The molecule has 6 rings (SSSR count). The van der Waals surface area contributed by atoms with Gasteiger partial charge in [-0.15, -0.1) is 12.4 Å². The number of anilines is 1. The Balaban J connectivity index is 0.00000400. The van der Waals surface area contributed by atoms with Crippen molar-refractivity contribution in [2.45, 2.75) is 45.1 Å². The zero-order chi connectivity index (χ0) is 30.8. The van der Waals surface area contributed by atoms with Crippen LogP contribution in [0, 0.1) is 18.8 Å². The number of nitrogens with one attached hydrogen (secondary N) is 2. The zero-order valence-electron chi connectivity index (χ0n) is 24.9. The number of carbonyl (C=O) groups is 2. The predicted octanol–water partition coefficient (Wildman–Crippen LogP) is 4.50. The number of nitrogens with zero attached hydrogens (tertiary/aromatic N) is 3. The number of rotatable bonds is 8. The van der Waals surface area contributed by atoms with Crippen molar-refractivity contribution in [3.05, 3.63) is 88.5 Å². The van der Waals surface area contributed by atoms with E-state index < -0.39 is 17.7 Å². The maximum Gasteiger partial charge on any atom is 0.439 e. The van der Waals surface area contributed by atoms with Crippen molar-refractivity contribution in [3.63, 3.8) is 0 Å². The van der Waals surface area contributed by atoms with Crippen LogP contribution in [0.4, 0.5) is 5.69 Å². The van der Waals surface area contributed by atoms with Gasteiger partial charge in [-0.05, 0) is 104 Å². The number of aryl methyl sites for hydroxylation is 1. The molecule has 3 aromatic carbocycles. The molecule has 2 aromatic heterocycles. The van der Waals surface area contributed by atoms with E-state index in [4.69, 9.17) is 11.5 Å². The van der Waals surface area contributed by atoms with Crippen LogP contribution in [-0.2, 0) is 16.0 Å². The van der Waals surface area contributed by atoms with Gasteiger partial charge in [0.25, 0.3) is 5.91 Å². The Morgan fingerprint density at radius 3 is 2.49 bits per heavy atom. The van der Waals surface area contributed by atoms with Crippen molar-refractivity contribution in [3.8, 4) is 22.5 Å². The van der Waals surface area contributed by atoms with E-state index in [1.54, 1.807) is 24.3 Å². The summed E-state index contributed by atoms with van der Waals surface area (Å²) in [5.74, 6) is -1.07. The highest BCUT2D eigenvalue weighted by Crippen LogP contribution is 2.33. The SMILES string of the molecule is Cc1ccc2[nH]ncc2c1-c1cccc(C[C@H](N)C(=O)N(C(=O)C2CCC(CN)CC2)c2ccc(-c3noc(=O)[nH]3)cc2)c1.Cl. The summed E-state index contributed by atoms with van der Waals surface area (Å²) in [5, 5.41) is 12.0. The Morgan fingerprint density at radius 1 is 1.04 bits per heavy atom. The molecular weight excluding hydrogens is 594 g/mol. The van der Waals surface area contributed by atoms with Crippen molar-refractivity contribution in [2.24, 2.45) is 23.3 Å². The Bertz CT molecular complexity index is 1850. The average Bonchev–Trinajstić information content (AvgIpc) is 3.70. The summed E-state index contributed by atoms with van der Waals surface area (Å²) in [5.41, 5.74) is 18.4. The number of benzene rings is 3. The highest BCUT2D eigenvalue weighted by Gasteiger charge is 2.35. The van der Waals surface area contributed by atoms with E-state index in [9.17, 15) is 14.4 Å². The molecule has 234 valence electrons. The van der Waals surface area contributed by atoms with Crippen LogP contribution in [0.25, 0.3) is 33.4 Å². The normalized spacial score (nSPS) is 17.0. The van der Waals surface area contributed by atoms with E-state index in [0.717, 1.165) is 46.0 Å². The number of halogens is 1. The van der Waals surface area contributed by atoms with Gasteiger partial charge in [-0.2, -0.15) is 5.10 Å². The number of hydrogen-bond donors (Lipinski definition) is 4. The molecule has 45 heavy (non-hydrogen) atoms. The van der Waals surface area contributed by atoms with Gasteiger partial charge in [-0.3, -0.25) is 24.2 Å². The first kappa shape index (κ1) is 31.8. The number of aromatic amines is 2. The molecule has 1 saturated carbocycles. The van der Waals surface area contributed by atoms with E-state index in [0.29, 0.717) is 36.6 Å². The minimum Gasteiger partial charge on any atom is -0.330 e. The summed E-state index contributed by atoms with van der Waals surface area (Å²) in [7, 11) is 0. The fourth-order valence-corrected chi connectivity index (χ4v) is 6.18. The number of aromatic nitrogens is 4. The van der Waals surface area contributed by atoms with E-state index in [-0.39, 0.29) is 36.5 Å². The second-order valence-electron chi connectivity index (χ2n) is 11.6. The van der Waals surface area contributed by atoms with Crippen molar-refractivity contribution in [2.75, 3.05) is 11.4 Å². The molecule has 5 aromatic rings. The van der Waals surface area contributed by atoms with Crippen molar-refractivity contribution >= 4 is 40.8 Å². The molecule has 0 radical (unpaired) electrons. The van der Waals surface area contributed by atoms with Gasteiger partial charge >= 0.3 is 5.76 Å². The van der Waals surface area contributed by atoms with E-state index in [1.165, 1.54) is 4.90 Å². The summed E-state index contributed by atoms with van der Waals surface area (Å²) < 4.78 is 4.61. The quantitative estimate of drug-likeness (QED) is 0.194. The monoisotopic (exact) mass is 629 g/mol. The summed E-state index contributed by atoms with van der Waals surface area (Å²) in [4.78, 5) is 43.1. The fraction of sp³-hybridized carbons (Fsp3) is 0.303. The van der Waals surface area contributed by atoms with Gasteiger partial charge < -0.3 is 11.5 Å². The molecule has 1 aliphatic rings. The third kappa shape index (κ3) is 6.60. The number of hydrogen-bond acceptors (Lipinski definition) is 8. The minimum atomic E-state index is -0.966. The van der Waals surface area contributed by atoms with Crippen molar-refractivity contribution in [1.29, 1.82) is 0 Å². The van der Waals surface area contributed by atoms with Gasteiger partial charge in [0.05, 0.1) is 23.4 Å². The lowest BCUT2D eigenvalue weighted by Gasteiger charge is -2.32. The Labute approximate surface area is 265 Å². The number of H-pyrrole nitrogens is 2. The molecule has 6 N–H and O–H groups in total. The zero-order valence-corrected chi connectivity index (χ0v) is 25.7. The molecule has 0 unspecified atom stereocenters. The predicted molar refractivity (Wildman–Crippen MR) is 175 cm³/mol. The molecule has 0 saturated heterocycles. The van der Waals surface area contributed by atoms with Gasteiger partial charge in [0.1, 0.15) is 0 Å². The molecule has 2 amide bonds. The van der Waals surface area contributed by atoms with Crippen molar-refractivity contribution in [1.82, 2.24) is 20.3 Å². The van der Waals surface area contributed by atoms with Crippen LogP contribution in [0.3, 0.4) is 0 Å². The first-order chi connectivity index (χ1) is 21.3. The smallest absolute Gasteiger partial charge is 0.330 e.